The molecule has 0 aliphatic rings. The fraction of sp³-hybridized carbons (Fsp3) is 0.217. The number of hydrogen-bond donors (Lipinski definition) is 0. The molecule has 1 atom stereocenters. The van der Waals surface area contributed by atoms with Crippen LogP contribution in [-0.2, 0) is 6.42 Å². The predicted octanol–water partition coefficient (Wildman–Crippen LogP) is 5.27. The summed E-state index contributed by atoms with van der Waals surface area (Å²) in [5.41, 5.74) is 6.84. The topological polar surface area (TPSA) is 0 Å². The summed E-state index contributed by atoms with van der Waals surface area (Å²) in [4.78, 5) is 0. The summed E-state index contributed by atoms with van der Waals surface area (Å²) in [7, 11) is -0.264. The first-order valence-electron chi connectivity index (χ1n) is 8.48. The maximum Gasteiger partial charge on any atom is -0.00257 e. The summed E-state index contributed by atoms with van der Waals surface area (Å²) in [6, 6.07) is 24.9. The first kappa shape index (κ1) is 16.9. The van der Waals surface area contributed by atoms with Crippen LogP contribution in [0.5, 0.6) is 0 Å². The monoisotopic (exact) mass is 332 g/mol. The minimum Gasteiger partial charge on any atom is -0.0588 e. The van der Waals surface area contributed by atoms with E-state index in [2.05, 4.69) is 94.2 Å². The van der Waals surface area contributed by atoms with Crippen molar-refractivity contribution < 1.29 is 0 Å². The molecule has 0 nitrogen and oxygen atoms in total. The zero-order valence-electron chi connectivity index (χ0n) is 15.0. The zero-order valence-corrected chi connectivity index (χ0v) is 15.9. The van der Waals surface area contributed by atoms with E-state index in [4.69, 9.17) is 0 Å². The van der Waals surface area contributed by atoms with Crippen LogP contribution in [-0.4, -0.2) is 6.66 Å². The maximum absolute atomic E-state index is 2.35. The molecule has 0 bridgehead atoms. The van der Waals surface area contributed by atoms with Crippen molar-refractivity contribution in [2.45, 2.75) is 27.2 Å². The van der Waals surface area contributed by atoms with Crippen molar-refractivity contribution in [3.63, 3.8) is 0 Å². The Bertz CT molecular complexity index is 814. The molecule has 0 aromatic heterocycles. The van der Waals surface area contributed by atoms with Crippen LogP contribution < -0.4 is 10.6 Å². The van der Waals surface area contributed by atoms with E-state index < -0.39 is 0 Å². The van der Waals surface area contributed by atoms with Crippen LogP contribution in [0.3, 0.4) is 0 Å². The number of rotatable bonds is 4. The Morgan fingerprint density at radius 3 is 1.75 bits per heavy atom. The van der Waals surface area contributed by atoms with Crippen LogP contribution in [0.2, 0.25) is 0 Å². The molecule has 0 radical (unpaired) electrons. The summed E-state index contributed by atoms with van der Waals surface area (Å²) in [5, 5.41) is 2.88. The van der Waals surface area contributed by atoms with E-state index in [1.807, 2.05) is 0 Å². The van der Waals surface area contributed by atoms with Gasteiger partial charge in [-0.15, -0.1) is 0 Å². The molecule has 24 heavy (non-hydrogen) atoms. The van der Waals surface area contributed by atoms with Crippen molar-refractivity contribution in [1.29, 1.82) is 0 Å². The smallest absolute Gasteiger partial charge is 0.00257 e. The number of benzene rings is 3. The van der Waals surface area contributed by atoms with Gasteiger partial charge in [0.2, 0.25) is 0 Å². The van der Waals surface area contributed by atoms with Gasteiger partial charge in [-0.05, 0) is 74.6 Å². The second-order valence-corrected chi connectivity index (χ2v) is 8.81. The molecule has 0 N–H and O–H groups in total. The predicted molar refractivity (Wildman–Crippen MR) is 108 cm³/mol. The Morgan fingerprint density at radius 1 is 0.625 bits per heavy atom. The van der Waals surface area contributed by atoms with Gasteiger partial charge in [-0.25, -0.2) is 0 Å². The lowest BCUT2D eigenvalue weighted by molar-refractivity contribution is 1.17. The van der Waals surface area contributed by atoms with Crippen LogP contribution in [0.1, 0.15) is 27.8 Å². The van der Waals surface area contributed by atoms with Gasteiger partial charge in [0.05, 0.1) is 0 Å². The van der Waals surface area contributed by atoms with Crippen molar-refractivity contribution in [2.75, 3.05) is 6.66 Å². The van der Waals surface area contributed by atoms with Crippen molar-refractivity contribution >= 4 is 18.5 Å². The van der Waals surface area contributed by atoms with Gasteiger partial charge in [-0.2, -0.15) is 0 Å². The van der Waals surface area contributed by atoms with Gasteiger partial charge in [-0.3, -0.25) is 0 Å². The SMILES string of the molecule is Cc1ccc(P(C)c2ccc(Cc3ccc(C)c(C)c3)cc2)cc1. The lowest BCUT2D eigenvalue weighted by Gasteiger charge is -2.14. The fourth-order valence-electron chi connectivity index (χ4n) is 2.90. The lowest BCUT2D eigenvalue weighted by Crippen LogP contribution is -2.10. The number of hydrogen-bond acceptors (Lipinski definition) is 0. The van der Waals surface area contributed by atoms with E-state index >= 15 is 0 Å². The van der Waals surface area contributed by atoms with Crippen LogP contribution >= 0.6 is 7.92 Å². The first-order valence-corrected chi connectivity index (χ1v) is 10.3. The van der Waals surface area contributed by atoms with Crippen molar-refractivity contribution in [2.24, 2.45) is 0 Å². The minimum absolute atomic E-state index is 0.264. The average molecular weight is 332 g/mol. The third-order valence-electron chi connectivity index (χ3n) is 4.72. The third-order valence-corrected chi connectivity index (χ3v) is 6.87. The van der Waals surface area contributed by atoms with Crippen LogP contribution in [0.25, 0.3) is 0 Å². The largest absolute Gasteiger partial charge is 0.0588 e. The molecule has 0 heterocycles. The quantitative estimate of drug-likeness (QED) is 0.571. The molecular weight excluding hydrogens is 307 g/mol. The van der Waals surface area contributed by atoms with Crippen LogP contribution in [0.4, 0.5) is 0 Å². The van der Waals surface area contributed by atoms with E-state index in [1.165, 1.54) is 38.4 Å². The van der Waals surface area contributed by atoms with Gasteiger partial charge in [-0.1, -0.05) is 72.3 Å². The summed E-state index contributed by atoms with van der Waals surface area (Å²) >= 11 is 0. The van der Waals surface area contributed by atoms with E-state index in [1.54, 1.807) is 0 Å². The Morgan fingerprint density at radius 2 is 1.17 bits per heavy atom. The van der Waals surface area contributed by atoms with Crippen molar-refractivity contribution in [3.05, 3.63) is 94.5 Å². The third kappa shape index (κ3) is 3.94. The molecule has 3 aromatic carbocycles. The summed E-state index contributed by atoms with van der Waals surface area (Å²) < 4.78 is 0. The number of aryl methyl sites for hydroxylation is 3. The molecule has 0 saturated heterocycles. The second kappa shape index (κ2) is 7.32. The van der Waals surface area contributed by atoms with E-state index in [0.717, 1.165) is 6.42 Å². The highest BCUT2D eigenvalue weighted by Crippen LogP contribution is 2.28. The molecule has 0 spiro atoms. The van der Waals surface area contributed by atoms with E-state index in [0.29, 0.717) is 0 Å². The summed E-state index contributed by atoms with van der Waals surface area (Å²) in [5.74, 6) is 0. The molecule has 0 aliphatic carbocycles. The molecule has 0 saturated carbocycles. The Labute approximate surface area is 147 Å². The lowest BCUT2D eigenvalue weighted by atomic mass is 10.0. The molecule has 3 aromatic rings. The summed E-state index contributed by atoms with van der Waals surface area (Å²) in [6.45, 7) is 8.85. The molecule has 3 rings (SSSR count). The normalized spacial score (nSPS) is 12.2. The molecule has 1 unspecified atom stereocenters. The summed E-state index contributed by atoms with van der Waals surface area (Å²) in [6.07, 6.45) is 1.01. The van der Waals surface area contributed by atoms with Gasteiger partial charge < -0.3 is 0 Å². The van der Waals surface area contributed by atoms with Gasteiger partial charge >= 0.3 is 0 Å². The highest BCUT2D eigenvalue weighted by Gasteiger charge is 2.08. The van der Waals surface area contributed by atoms with Gasteiger partial charge in [0.1, 0.15) is 0 Å². The Hall–Kier alpha value is -1.91. The van der Waals surface area contributed by atoms with Gasteiger partial charge in [0, 0.05) is 0 Å². The highest BCUT2D eigenvalue weighted by atomic mass is 31.1. The Kier molecular flexibility index (Phi) is 5.17. The van der Waals surface area contributed by atoms with Crippen molar-refractivity contribution in [1.82, 2.24) is 0 Å². The highest BCUT2D eigenvalue weighted by molar-refractivity contribution is 7.72. The molecule has 1 heteroatoms. The Balaban J connectivity index is 1.75. The van der Waals surface area contributed by atoms with E-state index in [-0.39, 0.29) is 7.92 Å². The molecule has 0 amide bonds. The van der Waals surface area contributed by atoms with Crippen LogP contribution in [0.15, 0.2) is 66.7 Å². The zero-order chi connectivity index (χ0) is 17.1. The van der Waals surface area contributed by atoms with Gasteiger partial charge in [0.25, 0.3) is 0 Å². The molecular formula is C23H25P. The molecule has 0 aliphatic heterocycles. The first-order chi connectivity index (χ1) is 11.5. The van der Waals surface area contributed by atoms with Crippen molar-refractivity contribution in [3.8, 4) is 0 Å². The van der Waals surface area contributed by atoms with Gasteiger partial charge in [0.15, 0.2) is 0 Å². The standard InChI is InChI=1S/C23H25P/c1-17-5-11-22(12-6-17)24(4)23-13-9-20(10-14-23)16-21-8-7-18(2)19(3)15-21/h5-15H,16H2,1-4H3. The second-order valence-electron chi connectivity index (χ2n) is 6.66. The molecule has 0 fully saturated rings. The van der Waals surface area contributed by atoms with E-state index in [9.17, 15) is 0 Å². The maximum atomic E-state index is 2.35. The molecule has 122 valence electrons. The minimum atomic E-state index is -0.264. The fourth-order valence-corrected chi connectivity index (χ4v) is 4.39. The average Bonchev–Trinajstić information content (AvgIpc) is 2.59. The van der Waals surface area contributed by atoms with Crippen LogP contribution in [0, 0.1) is 20.8 Å².